The molecule has 1 atom stereocenters. The number of rotatable bonds is 1. The summed E-state index contributed by atoms with van der Waals surface area (Å²) in [5, 5.41) is 2.93. The van der Waals surface area contributed by atoms with Gasteiger partial charge in [0.2, 0.25) is 5.91 Å². The van der Waals surface area contributed by atoms with E-state index >= 15 is 0 Å². The van der Waals surface area contributed by atoms with E-state index in [0.717, 1.165) is 6.42 Å². The molecule has 0 radical (unpaired) electrons. The zero-order chi connectivity index (χ0) is 12.1. The second kappa shape index (κ2) is 3.45. The van der Waals surface area contributed by atoms with Gasteiger partial charge in [0.1, 0.15) is 0 Å². The van der Waals surface area contributed by atoms with Crippen molar-refractivity contribution in [2.75, 3.05) is 0 Å². The van der Waals surface area contributed by atoms with Gasteiger partial charge >= 0.3 is 0 Å². The average Bonchev–Trinajstić information content (AvgIpc) is 2.72. The van der Waals surface area contributed by atoms with Gasteiger partial charge in [-0.05, 0) is 34.2 Å². The quantitative estimate of drug-likeness (QED) is 0.646. The second-order valence-electron chi connectivity index (χ2n) is 5.07. The zero-order valence-electron chi connectivity index (χ0n) is 9.94. The molecule has 1 N–H and O–H groups in total. The van der Waals surface area contributed by atoms with Crippen LogP contribution in [0.25, 0.3) is 11.1 Å². The standard InChI is InChI=1S/C16H13NO/c18-16-9-15(17-16)11-5-6-14-12(8-11)7-10-3-1-2-4-13(10)14/h1-6,8,15H,7,9H2,(H,17,18). The number of benzene rings is 2. The summed E-state index contributed by atoms with van der Waals surface area (Å²) in [4.78, 5) is 11.0. The molecule has 0 saturated carbocycles. The Morgan fingerprint density at radius 3 is 2.61 bits per heavy atom. The third kappa shape index (κ3) is 1.32. The van der Waals surface area contributed by atoms with E-state index in [2.05, 4.69) is 47.8 Å². The minimum Gasteiger partial charge on any atom is -0.349 e. The van der Waals surface area contributed by atoms with E-state index in [1.165, 1.54) is 27.8 Å². The van der Waals surface area contributed by atoms with Crippen LogP contribution in [0.15, 0.2) is 42.5 Å². The lowest BCUT2D eigenvalue weighted by Gasteiger charge is -2.27. The molecule has 0 bridgehead atoms. The first-order valence-electron chi connectivity index (χ1n) is 6.32. The molecule has 2 aliphatic rings. The fourth-order valence-corrected chi connectivity index (χ4v) is 2.94. The molecule has 1 unspecified atom stereocenters. The second-order valence-corrected chi connectivity index (χ2v) is 5.07. The highest BCUT2D eigenvalue weighted by atomic mass is 16.2. The van der Waals surface area contributed by atoms with Gasteiger partial charge in [0.15, 0.2) is 0 Å². The number of fused-ring (bicyclic) bond motifs is 3. The van der Waals surface area contributed by atoms with Crippen LogP contribution in [-0.4, -0.2) is 5.91 Å². The molecular formula is C16H13NO. The summed E-state index contributed by atoms with van der Waals surface area (Å²) in [6.07, 6.45) is 1.64. The molecule has 0 aromatic heterocycles. The highest BCUT2D eigenvalue weighted by Gasteiger charge is 2.28. The van der Waals surface area contributed by atoms with E-state index in [9.17, 15) is 4.79 Å². The normalized spacial score (nSPS) is 19.8. The SMILES string of the molecule is O=C1CC(c2ccc3c(c2)Cc2ccccc2-3)N1. The van der Waals surface area contributed by atoms with Crippen molar-refractivity contribution < 1.29 is 4.79 Å². The van der Waals surface area contributed by atoms with Crippen molar-refractivity contribution in [1.29, 1.82) is 0 Å². The summed E-state index contributed by atoms with van der Waals surface area (Å²) in [6, 6.07) is 15.4. The Balaban J connectivity index is 1.75. The summed E-state index contributed by atoms with van der Waals surface area (Å²) in [7, 11) is 0. The molecule has 0 spiro atoms. The highest BCUT2D eigenvalue weighted by molar-refractivity contribution is 5.84. The lowest BCUT2D eigenvalue weighted by molar-refractivity contribution is -0.128. The van der Waals surface area contributed by atoms with Crippen molar-refractivity contribution in [2.24, 2.45) is 0 Å². The smallest absolute Gasteiger partial charge is 0.222 e. The van der Waals surface area contributed by atoms with Gasteiger partial charge in [-0.2, -0.15) is 0 Å². The number of hydrogen-bond donors (Lipinski definition) is 1. The number of β-lactam (4-membered cyclic amide) rings is 1. The molecule has 2 nitrogen and oxygen atoms in total. The topological polar surface area (TPSA) is 29.1 Å². The lowest BCUT2D eigenvalue weighted by atomic mass is 9.94. The largest absolute Gasteiger partial charge is 0.349 e. The lowest BCUT2D eigenvalue weighted by Crippen LogP contribution is -2.41. The first-order valence-corrected chi connectivity index (χ1v) is 6.32. The third-order valence-corrected chi connectivity index (χ3v) is 3.94. The third-order valence-electron chi connectivity index (χ3n) is 3.94. The fourth-order valence-electron chi connectivity index (χ4n) is 2.94. The van der Waals surface area contributed by atoms with E-state index in [1.807, 2.05) is 0 Å². The predicted molar refractivity (Wildman–Crippen MR) is 70.2 cm³/mol. The molecule has 4 rings (SSSR count). The van der Waals surface area contributed by atoms with Crippen LogP contribution in [0.3, 0.4) is 0 Å². The summed E-state index contributed by atoms with van der Waals surface area (Å²) in [5.41, 5.74) is 6.73. The molecule has 1 saturated heterocycles. The van der Waals surface area contributed by atoms with Gasteiger partial charge in [0, 0.05) is 0 Å². The van der Waals surface area contributed by atoms with Crippen molar-refractivity contribution in [1.82, 2.24) is 5.32 Å². The molecule has 1 aliphatic carbocycles. The molecule has 1 amide bonds. The monoisotopic (exact) mass is 235 g/mol. The van der Waals surface area contributed by atoms with E-state index in [0.29, 0.717) is 6.42 Å². The molecule has 2 heteroatoms. The maximum absolute atomic E-state index is 11.0. The Bertz CT molecular complexity index is 652. The van der Waals surface area contributed by atoms with Gasteiger partial charge in [-0.25, -0.2) is 0 Å². The number of carbonyl (C=O) groups excluding carboxylic acids is 1. The van der Waals surface area contributed by atoms with Crippen molar-refractivity contribution in [2.45, 2.75) is 18.9 Å². The van der Waals surface area contributed by atoms with Crippen LogP contribution in [0, 0.1) is 0 Å². The van der Waals surface area contributed by atoms with Crippen LogP contribution < -0.4 is 5.32 Å². The fraction of sp³-hybridized carbons (Fsp3) is 0.188. The average molecular weight is 235 g/mol. The first kappa shape index (κ1) is 9.89. The number of hydrogen-bond acceptors (Lipinski definition) is 1. The molecule has 2 aromatic rings. The maximum Gasteiger partial charge on any atom is 0.222 e. The van der Waals surface area contributed by atoms with Crippen molar-refractivity contribution in [3.05, 3.63) is 59.2 Å². The molecule has 1 fully saturated rings. The van der Waals surface area contributed by atoms with Crippen LogP contribution >= 0.6 is 0 Å². The van der Waals surface area contributed by atoms with Crippen LogP contribution in [0.1, 0.15) is 29.2 Å². The first-order chi connectivity index (χ1) is 8.81. The van der Waals surface area contributed by atoms with Gasteiger partial charge in [0.25, 0.3) is 0 Å². The highest BCUT2D eigenvalue weighted by Crippen LogP contribution is 2.38. The van der Waals surface area contributed by atoms with Crippen LogP contribution in [0.2, 0.25) is 0 Å². The molecular weight excluding hydrogens is 222 g/mol. The predicted octanol–water partition coefficient (Wildman–Crippen LogP) is 2.82. The summed E-state index contributed by atoms with van der Waals surface area (Å²) >= 11 is 0. The van der Waals surface area contributed by atoms with Gasteiger partial charge in [0.05, 0.1) is 12.5 Å². The van der Waals surface area contributed by atoms with Gasteiger partial charge in [-0.3, -0.25) is 4.79 Å². The Kier molecular flexibility index (Phi) is 1.90. The zero-order valence-corrected chi connectivity index (χ0v) is 9.94. The van der Waals surface area contributed by atoms with Crippen molar-refractivity contribution in [3.63, 3.8) is 0 Å². The Hall–Kier alpha value is -2.09. The number of nitrogens with one attached hydrogen (secondary N) is 1. The summed E-state index contributed by atoms with van der Waals surface area (Å²) in [6.45, 7) is 0. The Morgan fingerprint density at radius 2 is 1.78 bits per heavy atom. The van der Waals surface area contributed by atoms with E-state index in [1.54, 1.807) is 0 Å². The number of carbonyl (C=O) groups is 1. The van der Waals surface area contributed by atoms with Crippen LogP contribution in [0.4, 0.5) is 0 Å². The van der Waals surface area contributed by atoms with E-state index < -0.39 is 0 Å². The molecule has 1 heterocycles. The minimum atomic E-state index is 0.156. The van der Waals surface area contributed by atoms with Gasteiger partial charge < -0.3 is 5.32 Å². The minimum absolute atomic E-state index is 0.156. The van der Waals surface area contributed by atoms with Gasteiger partial charge in [-0.15, -0.1) is 0 Å². The van der Waals surface area contributed by atoms with Crippen molar-refractivity contribution >= 4 is 5.91 Å². The molecule has 88 valence electrons. The molecule has 18 heavy (non-hydrogen) atoms. The number of amides is 1. The van der Waals surface area contributed by atoms with E-state index in [4.69, 9.17) is 0 Å². The molecule has 1 aliphatic heterocycles. The maximum atomic E-state index is 11.0. The Morgan fingerprint density at radius 1 is 1.00 bits per heavy atom. The van der Waals surface area contributed by atoms with Crippen LogP contribution in [0.5, 0.6) is 0 Å². The molecule has 2 aromatic carbocycles. The van der Waals surface area contributed by atoms with Gasteiger partial charge in [-0.1, -0.05) is 42.5 Å². The van der Waals surface area contributed by atoms with Crippen molar-refractivity contribution in [3.8, 4) is 11.1 Å². The Labute approximate surface area is 106 Å². The summed E-state index contributed by atoms with van der Waals surface area (Å²) < 4.78 is 0. The van der Waals surface area contributed by atoms with Crippen LogP contribution in [-0.2, 0) is 11.2 Å². The summed E-state index contributed by atoms with van der Waals surface area (Å²) in [5.74, 6) is 0.156. The van der Waals surface area contributed by atoms with E-state index in [-0.39, 0.29) is 11.9 Å².